The molecule has 0 amide bonds. The van der Waals surface area contributed by atoms with E-state index in [2.05, 4.69) is 43.2 Å². The van der Waals surface area contributed by atoms with E-state index in [-0.39, 0.29) is 11.2 Å². The number of thiazole rings is 1. The quantitative estimate of drug-likeness (QED) is 0.558. The van der Waals surface area contributed by atoms with Crippen LogP contribution in [0.5, 0.6) is 0 Å². The molecule has 0 radical (unpaired) electrons. The Balaban J connectivity index is 1.82. The van der Waals surface area contributed by atoms with E-state index in [1.54, 1.807) is 5.38 Å². The monoisotopic (exact) mass is 476 g/mol. The van der Waals surface area contributed by atoms with Gasteiger partial charge in [0.1, 0.15) is 10.7 Å². The molecule has 1 heterocycles. The topological polar surface area (TPSA) is 83.1 Å². The van der Waals surface area contributed by atoms with E-state index in [1.807, 2.05) is 0 Å². The lowest BCUT2D eigenvalue weighted by Gasteiger charge is -2.33. The lowest BCUT2D eigenvalue weighted by molar-refractivity contribution is 0.349. The molecule has 1 aromatic carbocycles. The average molecular weight is 477 g/mol. The van der Waals surface area contributed by atoms with Crippen molar-refractivity contribution in [2.75, 3.05) is 16.6 Å². The zero-order valence-electron chi connectivity index (χ0n) is 14.8. The summed E-state index contributed by atoms with van der Waals surface area (Å²) >= 11 is 4.51. The molecule has 1 aromatic heterocycles. The number of sulfonamides is 1. The van der Waals surface area contributed by atoms with Crippen LogP contribution in [0, 0.1) is 5.82 Å². The number of benzene rings is 1. The lowest BCUT2D eigenvalue weighted by atomic mass is 9.90. The maximum Gasteiger partial charge on any atom is 0.266 e. The van der Waals surface area contributed by atoms with Crippen molar-refractivity contribution in [3.8, 4) is 0 Å². The van der Waals surface area contributed by atoms with E-state index in [9.17, 15) is 12.8 Å². The minimum absolute atomic E-state index is 0.172. The van der Waals surface area contributed by atoms with Crippen molar-refractivity contribution in [2.45, 2.75) is 49.6 Å². The zero-order valence-corrected chi connectivity index (χ0v) is 18.1. The van der Waals surface area contributed by atoms with Gasteiger partial charge in [0.15, 0.2) is 5.13 Å². The highest BCUT2D eigenvalue weighted by atomic mass is 79.9. The molecule has 0 saturated heterocycles. The summed E-state index contributed by atoms with van der Waals surface area (Å²) in [4.78, 5) is 3.46. The van der Waals surface area contributed by atoms with Gasteiger partial charge in [-0.1, -0.05) is 19.8 Å². The van der Waals surface area contributed by atoms with Gasteiger partial charge >= 0.3 is 0 Å². The molecule has 0 bridgehead atoms. The van der Waals surface area contributed by atoms with Crippen molar-refractivity contribution in [3.05, 3.63) is 34.0 Å². The van der Waals surface area contributed by atoms with Crippen LogP contribution in [0.25, 0.3) is 0 Å². The second-order valence-electron chi connectivity index (χ2n) is 6.40. The summed E-state index contributed by atoms with van der Waals surface area (Å²) in [7, 11) is -4.05. The van der Waals surface area contributed by atoms with Gasteiger partial charge in [0.05, 0.1) is 5.69 Å². The van der Waals surface area contributed by atoms with E-state index >= 15 is 0 Å². The molecule has 6 nitrogen and oxygen atoms in total. The first-order valence-corrected chi connectivity index (χ1v) is 12.0. The summed E-state index contributed by atoms with van der Waals surface area (Å²) in [5.74, 6) is -0.805. The number of halogens is 2. The van der Waals surface area contributed by atoms with Gasteiger partial charge in [0, 0.05) is 28.1 Å². The van der Waals surface area contributed by atoms with Crippen LogP contribution in [0.1, 0.15) is 32.6 Å². The predicted octanol–water partition coefficient (Wildman–Crippen LogP) is 4.18. The fourth-order valence-corrected chi connectivity index (χ4v) is 5.78. The highest BCUT2D eigenvalue weighted by molar-refractivity contribution is 9.10. The Kier molecular flexibility index (Phi) is 6.72. The zero-order chi connectivity index (χ0) is 19.4. The van der Waals surface area contributed by atoms with Gasteiger partial charge in [0.2, 0.25) is 0 Å². The fourth-order valence-electron chi connectivity index (χ4n) is 3.30. The second-order valence-corrected chi connectivity index (χ2v) is 9.80. The van der Waals surface area contributed by atoms with Crippen molar-refractivity contribution in [1.29, 1.82) is 0 Å². The standard InChI is InChI=1S/C17H22BrFN4O2S2/c1-2-20-13-5-3-4-6-14(13)22-15-10-12(19)16(9-11(15)18)27(24,25)23-17-21-7-8-26-17/h7-10,13-14,20,22H,2-6H2,1H3,(H,21,23)/t13-,14-/m0/s1. The molecular formula is C17H22BrFN4O2S2. The molecule has 3 rings (SSSR count). The Labute approximate surface area is 171 Å². The van der Waals surface area contributed by atoms with Crippen molar-refractivity contribution in [3.63, 3.8) is 0 Å². The predicted molar refractivity (Wildman–Crippen MR) is 110 cm³/mol. The summed E-state index contributed by atoms with van der Waals surface area (Å²) in [6.07, 6.45) is 5.81. The molecule has 2 aromatic rings. The van der Waals surface area contributed by atoms with Gasteiger partial charge < -0.3 is 10.6 Å². The van der Waals surface area contributed by atoms with E-state index in [4.69, 9.17) is 0 Å². The second kappa shape index (κ2) is 8.85. The number of nitrogens with zero attached hydrogens (tertiary/aromatic N) is 1. The van der Waals surface area contributed by atoms with E-state index in [0.717, 1.165) is 37.1 Å². The largest absolute Gasteiger partial charge is 0.380 e. The van der Waals surface area contributed by atoms with E-state index in [0.29, 0.717) is 16.2 Å². The molecule has 1 saturated carbocycles. The molecule has 27 heavy (non-hydrogen) atoms. The van der Waals surface area contributed by atoms with E-state index in [1.165, 1.54) is 24.8 Å². The van der Waals surface area contributed by atoms with Crippen LogP contribution in [-0.4, -0.2) is 32.0 Å². The Hall–Kier alpha value is -1.23. The first-order valence-electron chi connectivity index (χ1n) is 8.82. The molecule has 1 fully saturated rings. The number of nitrogens with one attached hydrogen (secondary N) is 3. The SMILES string of the molecule is CCN[C@H]1CCCC[C@@H]1Nc1cc(F)c(S(=O)(=O)Nc2nccs2)cc1Br. The maximum absolute atomic E-state index is 14.6. The molecule has 0 spiro atoms. The molecule has 3 N–H and O–H groups in total. The third-order valence-corrected chi connectivity index (χ3v) is 7.37. The Morgan fingerprint density at radius 3 is 2.70 bits per heavy atom. The molecule has 1 aliphatic rings. The number of anilines is 2. The molecule has 2 atom stereocenters. The first kappa shape index (κ1) is 20.5. The summed E-state index contributed by atoms with van der Waals surface area (Å²) in [6, 6.07) is 3.01. The molecule has 148 valence electrons. The summed E-state index contributed by atoms with van der Waals surface area (Å²) < 4.78 is 42.4. The number of likely N-dealkylation sites (N-methyl/N-ethyl adjacent to an activating group) is 1. The smallest absolute Gasteiger partial charge is 0.266 e. The Morgan fingerprint density at radius 2 is 2.04 bits per heavy atom. The van der Waals surface area contributed by atoms with Crippen LogP contribution < -0.4 is 15.4 Å². The molecule has 0 unspecified atom stereocenters. The summed E-state index contributed by atoms with van der Waals surface area (Å²) in [6.45, 7) is 2.94. The fraction of sp³-hybridized carbons (Fsp3) is 0.471. The lowest BCUT2D eigenvalue weighted by Crippen LogP contribution is -2.46. The number of rotatable bonds is 7. The first-order chi connectivity index (χ1) is 12.9. The third-order valence-electron chi connectivity index (χ3n) is 4.54. The summed E-state index contributed by atoms with van der Waals surface area (Å²) in [5, 5.41) is 8.68. The molecule has 10 heteroatoms. The third kappa shape index (κ3) is 4.98. The Morgan fingerprint density at radius 1 is 1.30 bits per heavy atom. The van der Waals surface area contributed by atoms with Gasteiger partial charge in [-0.05, 0) is 47.4 Å². The van der Waals surface area contributed by atoms with Gasteiger partial charge in [-0.3, -0.25) is 4.72 Å². The van der Waals surface area contributed by atoms with Crippen LogP contribution in [0.3, 0.4) is 0 Å². The number of hydrogen-bond donors (Lipinski definition) is 3. The van der Waals surface area contributed by atoms with Crippen molar-refractivity contribution in [1.82, 2.24) is 10.3 Å². The van der Waals surface area contributed by atoms with Gasteiger partial charge in [-0.2, -0.15) is 0 Å². The maximum atomic E-state index is 14.6. The van der Waals surface area contributed by atoms with Crippen molar-refractivity contribution >= 4 is 48.1 Å². The molecular weight excluding hydrogens is 455 g/mol. The summed E-state index contributed by atoms with van der Waals surface area (Å²) in [5.41, 5.74) is 0.551. The highest BCUT2D eigenvalue weighted by Crippen LogP contribution is 2.32. The van der Waals surface area contributed by atoms with Crippen molar-refractivity contribution < 1.29 is 12.8 Å². The minimum Gasteiger partial charge on any atom is -0.380 e. The van der Waals surface area contributed by atoms with Gasteiger partial charge in [-0.15, -0.1) is 11.3 Å². The van der Waals surface area contributed by atoms with E-state index < -0.39 is 20.7 Å². The number of hydrogen-bond acceptors (Lipinski definition) is 6. The van der Waals surface area contributed by atoms with Crippen LogP contribution in [-0.2, 0) is 10.0 Å². The molecule has 0 aliphatic heterocycles. The Bertz CT molecular complexity index is 875. The van der Waals surface area contributed by atoms with Crippen LogP contribution >= 0.6 is 27.3 Å². The van der Waals surface area contributed by atoms with Crippen LogP contribution in [0.2, 0.25) is 0 Å². The molecule has 1 aliphatic carbocycles. The normalized spacial score (nSPS) is 20.4. The van der Waals surface area contributed by atoms with Gasteiger partial charge in [-0.25, -0.2) is 17.8 Å². The number of aromatic nitrogens is 1. The van der Waals surface area contributed by atoms with Crippen molar-refractivity contribution in [2.24, 2.45) is 0 Å². The minimum atomic E-state index is -4.05. The average Bonchev–Trinajstić information content (AvgIpc) is 3.12. The van der Waals surface area contributed by atoms with Crippen LogP contribution in [0.4, 0.5) is 15.2 Å². The van der Waals surface area contributed by atoms with Crippen LogP contribution in [0.15, 0.2) is 33.1 Å². The van der Waals surface area contributed by atoms with Gasteiger partial charge in [0.25, 0.3) is 10.0 Å². The highest BCUT2D eigenvalue weighted by Gasteiger charge is 2.27.